The van der Waals surface area contributed by atoms with E-state index in [-0.39, 0.29) is 11.3 Å². The highest BCUT2D eigenvalue weighted by molar-refractivity contribution is 7.12. The van der Waals surface area contributed by atoms with Crippen LogP contribution in [0.3, 0.4) is 0 Å². The predicted octanol–water partition coefficient (Wildman–Crippen LogP) is 1.54. The lowest BCUT2D eigenvalue weighted by molar-refractivity contribution is -0.118. The van der Waals surface area contributed by atoms with Crippen LogP contribution in [0.2, 0.25) is 0 Å². The molecule has 0 spiro atoms. The van der Waals surface area contributed by atoms with Crippen LogP contribution in [0.4, 0.5) is 0 Å². The van der Waals surface area contributed by atoms with Crippen LogP contribution in [0.15, 0.2) is 22.7 Å². The van der Waals surface area contributed by atoms with Gasteiger partial charge in [0.05, 0.1) is 0 Å². The van der Waals surface area contributed by atoms with E-state index in [1.165, 1.54) is 18.3 Å². The number of nitriles is 1. The molecule has 0 aliphatic rings. The van der Waals surface area contributed by atoms with Gasteiger partial charge < -0.3 is 10.5 Å². The number of nitrogens with two attached hydrogens (primary N) is 1. The Labute approximate surface area is 108 Å². The van der Waals surface area contributed by atoms with Crippen LogP contribution in [0.25, 0.3) is 0 Å². The van der Waals surface area contributed by atoms with Crippen molar-refractivity contribution in [2.24, 2.45) is 5.73 Å². The molecule has 0 aromatic carbocycles. The number of ether oxygens (including phenoxy) is 1. The van der Waals surface area contributed by atoms with E-state index in [9.17, 15) is 9.59 Å². The van der Waals surface area contributed by atoms with Gasteiger partial charge in [-0.2, -0.15) is 5.26 Å². The maximum Gasteiger partial charge on any atom is 0.349 e. The fourth-order valence-electron chi connectivity index (χ4n) is 1.22. The summed E-state index contributed by atoms with van der Waals surface area (Å²) in [6.07, 6.45) is 0. The summed E-state index contributed by atoms with van der Waals surface area (Å²) >= 11 is 1.24. The van der Waals surface area contributed by atoms with Gasteiger partial charge in [-0.1, -0.05) is 0 Å². The molecule has 1 aromatic rings. The van der Waals surface area contributed by atoms with Gasteiger partial charge in [-0.3, -0.25) is 4.79 Å². The van der Waals surface area contributed by atoms with Gasteiger partial charge >= 0.3 is 5.97 Å². The minimum absolute atomic E-state index is 0.117. The number of esters is 1. The molecule has 0 amide bonds. The first kappa shape index (κ1) is 13.9. The molecule has 0 saturated carbocycles. The van der Waals surface area contributed by atoms with E-state index in [4.69, 9.17) is 15.7 Å². The molecule has 0 aliphatic carbocycles. The van der Waals surface area contributed by atoms with Gasteiger partial charge in [-0.05, 0) is 30.9 Å². The summed E-state index contributed by atoms with van der Waals surface area (Å²) in [4.78, 5) is 23.6. The van der Waals surface area contributed by atoms with Crippen molar-refractivity contribution in [3.8, 4) is 6.07 Å². The Morgan fingerprint density at radius 1 is 1.56 bits per heavy atom. The molecule has 0 saturated heterocycles. The van der Waals surface area contributed by atoms with Gasteiger partial charge in [-0.25, -0.2) is 4.79 Å². The minimum atomic E-state index is -0.597. The van der Waals surface area contributed by atoms with Crippen LogP contribution in [0.1, 0.15) is 22.2 Å². The second kappa shape index (κ2) is 5.98. The SMILES string of the molecule is C/C(N)=C(\C#N)C(=O)COC(=O)c1sccc1C. The maximum atomic E-state index is 11.6. The van der Waals surface area contributed by atoms with Crippen molar-refractivity contribution in [1.29, 1.82) is 5.26 Å². The summed E-state index contributed by atoms with van der Waals surface area (Å²) in [5.41, 5.74) is 6.11. The number of aryl methyl sites for hydroxylation is 1. The standard InChI is InChI=1S/C12H12N2O3S/c1-7-3-4-18-11(7)12(16)17-6-10(15)9(5-13)8(2)14/h3-4H,6,14H2,1-2H3/b9-8-. The molecular formula is C12H12N2O3S. The molecule has 5 nitrogen and oxygen atoms in total. The minimum Gasteiger partial charge on any atom is -0.453 e. The van der Waals surface area contributed by atoms with Gasteiger partial charge in [0.2, 0.25) is 5.78 Å². The normalized spacial score (nSPS) is 11.4. The first-order chi connectivity index (χ1) is 8.47. The van der Waals surface area contributed by atoms with Crippen LogP contribution in [0.5, 0.6) is 0 Å². The van der Waals surface area contributed by atoms with Crippen molar-refractivity contribution < 1.29 is 14.3 Å². The molecule has 0 fully saturated rings. The smallest absolute Gasteiger partial charge is 0.349 e. The van der Waals surface area contributed by atoms with E-state index < -0.39 is 18.4 Å². The maximum absolute atomic E-state index is 11.6. The van der Waals surface area contributed by atoms with Crippen molar-refractivity contribution in [3.63, 3.8) is 0 Å². The summed E-state index contributed by atoms with van der Waals surface area (Å²) < 4.78 is 4.84. The zero-order valence-electron chi connectivity index (χ0n) is 10.0. The molecule has 0 bridgehead atoms. The summed E-state index contributed by atoms with van der Waals surface area (Å²) in [5.74, 6) is -1.16. The van der Waals surface area contributed by atoms with Crippen molar-refractivity contribution >= 4 is 23.1 Å². The van der Waals surface area contributed by atoms with E-state index in [1.807, 2.05) is 0 Å². The van der Waals surface area contributed by atoms with Gasteiger partial charge in [0.15, 0.2) is 6.61 Å². The van der Waals surface area contributed by atoms with Gasteiger partial charge in [0.1, 0.15) is 16.5 Å². The topological polar surface area (TPSA) is 93.2 Å². The molecular weight excluding hydrogens is 252 g/mol. The third-order valence-electron chi connectivity index (χ3n) is 2.17. The Balaban J connectivity index is 2.66. The number of allylic oxidation sites excluding steroid dienone is 1. The lowest BCUT2D eigenvalue weighted by atomic mass is 10.1. The molecule has 1 aromatic heterocycles. The average Bonchev–Trinajstić information content (AvgIpc) is 2.72. The van der Waals surface area contributed by atoms with E-state index >= 15 is 0 Å². The van der Waals surface area contributed by atoms with Crippen LogP contribution >= 0.6 is 11.3 Å². The third-order valence-corrected chi connectivity index (χ3v) is 3.16. The largest absolute Gasteiger partial charge is 0.453 e. The van der Waals surface area contributed by atoms with E-state index in [0.717, 1.165) is 5.56 Å². The Hall–Kier alpha value is -2.13. The number of ketones is 1. The quantitative estimate of drug-likeness (QED) is 0.506. The van der Waals surface area contributed by atoms with Crippen LogP contribution in [-0.2, 0) is 9.53 Å². The van der Waals surface area contributed by atoms with E-state index in [0.29, 0.717) is 4.88 Å². The summed E-state index contributed by atoms with van der Waals surface area (Å²) in [7, 11) is 0. The number of rotatable bonds is 4. The summed E-state index contributed by atoms with van der Waals surface area (Å²) in [5, 5.41) is 10.5. The second-order valence-electron chi connectivity index (χ2n) is 3.60. The van der Waals surface area contributed by atoms with Crippen molar-refractivity contribution in [3.05, 3.63) is 33.2 Å². The highest BCUT2D eigenvalue weighted by Crippen LogP contribution is 2.16. The Morgan fingerprint density at radius 2 is 2.22 bits per heavy atom. The van der Waals surface area contributed by atoms with Gasteiger partial charge in [0, 0.05) is 5.70 Å². The van der Waals surface area contributed by atoms with Gasteiger partial charge in [-0.15, -0.1) is 11.3 Å². The second-order valence-corrected chi connectivity index (χ2v) is 4.52. The number of thiophene rings is 1. The molecule has 0 radical (unpaired) electrons. The molecule has 6 heteroatoms. The van der Waals surface area contributed by atoms with Gasteiger partial charge in [0.25, 0.3) is 0 Å². The van der Waals surface area contributed by atoms with Crippen molar-refractivity contribution in [2.75, 3.05) is 6.61 Å². The molecule has 0 unspecified atom stereocenters. The number of Topliss-reactive ketones (excluding diaryl/α,β-unsaturated/α-hetero) is 1. The Bertz CT molecular complexity index is 548. The number of hydrogen-bond acceptors (Lipinski definition) is 6. The first-order valence-corrected chi connectivity index (χ1v) is 5.96. The third kappa shape index (κ3) is 3.18. The lowest BCUT2D eigenvalue weighted by Crippen LogP contribution is -2.17. The first-order valence-electron chi connectivity index (χ1n) is 5.08. The number of hydrogen-bond donors (Lipinski definition) is 1. The van der Waals surface area contributed by atoms with Crippen molar-refractivity contribution in [1.82, 2.24) is 0 Å². The molecule has 94 valence electrons. The number of carbonyl (C=O) groups is 2. The van der Waals surface area contributed by atoms with Crippen LogP contribution in [0, 0.1) is 18.3 Å². The molecule has 1 rings (SSSR count). The lowest BCUT2D eigenvalue weighted by Gasteiger charge is -2.03. The van der Waals surface area contributed by atoms with E-state index in [1.54, 1.807) is 24.4 Å². The van der Waals surface area contributed by atoms with Crippen LogP contribution < -0.4 is 5.73 Å². The zero-order chi connectivity index (χ0) is 13.7. The fraction of sp³-hybridized carbons (Fsp3) is 0.250. The summed E-state index contributed by atoms with van der Waals surface area (Å²) in [6, 6.07) is 3.47. The molecule has 2 N–H and O–H groups in total. The monoisotopic (exact) mass is 264 g/mol. The van der Waals surface area contributed by atoms with E-state index in [2.05, 4.69) is 0 Å². The highest BCUT2D eigenvalue weighted by atomic mass is 32.1. The zero-order valence-corrected chi connectivity index (χ0v) is 10.8. The Kier molecular flexibility index (Phi) is 4.63. The number of carbonyl (C=O) groups excluding carboxylic acids is 2. The summed E-state index contributed by atoms with van der Waals surface area (Å²) in [6.45, 7) is 2.74. The molecule has 1 heterocycles. The molecule has 0 aliphatic heterocycles. The van der Waals surface area contributed by atoms with Crippen LogP contribution in [-0.4, -0.2) is 18.4 Å². The highest BCUT2D eigenvalue weighted by Gasteiger charge is 2.17. The molecule has 0 atom stereocenters. The fourth-order valence-corrected chi connectivity index (χ4v) is 2.04. The Morgan fingerprint density at radius 3 is 2.67 bits per heavy atom. The van der Waals surface area contributed by atoms with Crippen molar-refractivity contribution in [2.45, 2.75) is 13.8 Å². The molecule has 18 heavy (non-hydrogen) atoms. The average molecular weight is 264 g/mol. The predicted molar refractivity (Wildman–Crippen MR) is 66.8 cm³/mol. The number of nitrogens with zero attached hydrogens (tertiary/aromatic N) is 1.